The van der Waals surface area contributed by atoms with Crippen molar-refractivity contribution in [2.45, 2.75) is 46.5 Å². The Balaban J connectivity index is 2.29. The summed E-state index contributed by atoms with van der Waals surface area (Å²) in [6.07, 6.45) is 3.72. The van der Waals surface area contributed by atoms with Crippen LogP contribution in [-0.2, 0) is 12.8 Å². The van der Waals surface area contributed by atoms with Gasteiger partial charge in [-0.25, -0.2) is 0 Å². The first kappa shape index (κ1) is 19.3. The number of hydrogen-bond acceptors (Lipinski definition) is 3. The number of aryl methyl sites for hydroxylation is 1. The van der Waals surface area contributed by atoms with Gasteiger partial charge in [-0.2, -0.15) is 0 Å². The Kier molecular flexibility index (Phi) is 6.89. The monoisotopic (exact) mass is 342 g/mol. The van der Waals surface area contributed by atoms with Gasteiger partial charge >= 0.3 is 0 Å². The highest BCUT2D eigenvalue weighted by molar-refractivity contribution is 5.59. The van der Waals surface area contributed by atoms with E-state index in [1.54, 1.807) is 14.2 Å². The molecule has 0 radical (unpaired) electrons. The first-order valence-corrected chi connectivity index (χ1v) is 8.92. The first-order chi connectivity index (χ1) is 12.0. The van der Waals surface area contributed by atoms with Crippen molar-refractivity contribution < 1.29 is 14.6 Å². The molecule has 0 amide bonds. The van der Waals surface area contributed by atoms with Gasteiger partial charge in [0.15, 0.2) is 0 Å². The summed E-state index contributed by atoms with van der Waals surface area (Å²) in [6, 6.07) is 8.75. The average Bonchev–Trinajstić information content (AvgIpc) is 2.62. The predicted molar refractivity (Wildman–Crippen MR) is 103 cm³/mol. The van der Waals surface area contributed by atoms with Gasteiger partial charge < -0.3 is 14.6 Å². The molecule has 1 N–H and O–H groups in total. The maximum absolute atomic E-state index is 8.89. The topological polar surface area (TPSA) is 38.7 Å². The fourth-order valence-electron chi connectivity index (χ4n) is 3.42. The number of ether oxygens (including phenoxy) is 2. The Hall–Kier alpha value is -2.00. The summed E-state index contributed by atoms with van der Waals surface area (Å²) in [5, 5.41) is 8.89. The van der Waals surface area contributed by atoms with E-state index in [9.17, 15) is 0 Å². The molecule has 2 rings (SSSR count). The third-order valence-electron chi connectivity index (χ3n) is 5.00. The lowest BCUT2D eigenvalue weighted by molar-refractivity contribution is 0.284. The largest absolute Gasteiger partial charge is 0.496 e. The first-order valence-electron chi connectivity index (χ1n) is 8.92. The number of unbranched alkanes of at least 4 members (excludes halogenated alkanes) is 1. The smallest absolute Gasteiger partial charge is 0.126 e. The molecule has 0 unspecified atom stereocenters. The van der Waals surface area contributed by atoms with Crippen LogP contribution in [0.15, 0.2) is 24.3 Å². The van der Waals surface area contributed by atoms with Crippen LogP contribution >= 0.6 is 0 Å². The maximum Gasteiger partial charge on any atom is 0.126 e. The highest BCUT2D eigenvalue weighted by Crippen LogP contribution is 2.38. The molecule has 3 heteroatoms. The van der Waals surface area contributed by atoms with Crippen molar-refractivity contribution in [3.05, 3.63) is 57.6 Å². The van der Waals surface area contributed by atoms with E-state index in [-0.39, 0.29) is 6.61 Å². The van der Waals surface area contributed by atoms with Gasteiger partial charge in [-0.3, -0.25) is 0 Å². The summed E-state index contributed by atoms with van der Waals surface area (Å²) in [4.78, 5) is 0. The Morgan fingerprint density at radius 1 is 0.760 bits per heavy atom. The van der Waals surface area contributed by atoms with Crippen molar-refractivity contribution in [3.63, 3.8) is 0 Å². The summed E-state index contributed by atoms with van der Waals surface area (Å²) >= 11 is 0. The lowest BCUT2D eigenvalue weighted by Gasteiger charge is -2.20. The molecule has 0 atom stereocenters. The highest BCUT2D eigenvalue weighted by Gasteiger charge is 2.18. The van der Waals surface area contributed by atoms with E-state index in [0.29, 0.717) is 0 Å². The zero-order valence-electron chi connectivity index (χ0n) is 16.1. The van der Waals surface area contributed by atoms with Gasteiger partial charge in [0.25, 0.3) is 0 Å². The number of rotatable bonds is 8. The van der Waals surface area contributed by atoms with Crippen LogP contribution in [0.1, 0.15) is 46.2 Å². The van der Waals surface area contributed by atoms with Crippen LogP contribution < -0.4 is 9.47 Å². The molecule has 2 aromatic rings. The highest BCUT2D eigenvalue weighted by atomic mass is 16.5. The minimum Gasteiger partial charge on any atom is -0.496 e. The fraction of sp³-hybridized carbons (Fsp3) is 0.455. The van der Waals surface area contributed by atoms with Crippen molar-refractivity contribution in [2.24, 2.45) is 0 Å². The zero-order valence-corrected chi connectivity index (χ0v) is 16.1. The van der Waals surface area contributed by atoms with E-state index in [1.165, 1.54) is 16.7 Å². The Labute approximate surface area is 151 Å². The molecule has 0 aliphatic heterocycles. The quantitative estimate of drug-likeness (QED) is 0.716. The molecule has 0 bridgehead atoms. The normalized spacial score (nSPS) is 10.8. The van der Waals surface area contributed by atoms with Gasteiger partial charge in [-0.15, -0.1) is 0 Å². The molecule has 136 valence electrons. The molecule has 0 aliphatic rings. The van der Waals surface area contributed by atoms with Crippen LogP contribution in [0.2, 0.25) is 0 Å². The number of methoxy groups -OCH3 is 2. The second-order valence-electron chi connectivity index (χ2n) is 6.59. The SMILES string of the molecule is COc1c(C)c(C)c(OC)c(Cc2ccc(CCCCO)cc2)c1C. The predicted octanol–water partition coefficient (Wildman–Crippen LogP) is 4.53. The van der Waals surface area contributed by atoms with Crippen LogP contribution in [0.5, 0.6) is 11.5 Å². The van der Waals surface area contributed by atoms with E-state index >= 15 is 0 Å². The summed E-state index contributed by atoms with van der Waals surface area (Å²) in [6.45, 7) is 6.54. The molecule has 0 aliphatic carbocycles. The molecule has 0 saturated carbocycles. The van der Waals surface area contributed by atoms with E-state index in [0.717, 1.165) is 53.9 Å². The van der Waals surface area contributed by atoms with Crippen molar-refractivity contribution in [1.82, 2.24) is 0 Å². The Morgan fingerprint density at radius 3 is 1.88 bits per heavy atom. The van der Waals surface area contributed by atoms with Gasteiger partial charge in [0.05, 0.1) is 14.2 Å². The lowest BCUT2D eigenvalue weighted by Crippen LogP contribution is -2.04. The van der Waals surface area contributed by atoms with Gasteiger partial charge in [-0.05, 0) is 67.9 Å². The third-order valence-corrected chi connectivity index (χ3v) is 5.00. The molecule has 0 fully saturated rings. The number of aliphatic hydroxyl groups excluding tert-OH is 1. The van der Waals surface area contributed by atoms with Crippen molar-refractivity contribution in [1.29, 1.82) is 0 Å². The third kappa shape index (κ3) is 4.35. The van der Waals surface area contributed by atoms with E-state index in [2.05, 4.69) is 45.0 Å². The zero-order chi connectivity index (χ0) is 18.4. The fourth-order valence-corrected chi connectivity index (χ4v) is 3.42. The second kappa shape index (κ2) is 8.91. The van der Waals surface area contributed by atoms with Crippen LogP contribution in [0.25, 0.3) is 0 Å². The standard InChI is InChI=1S/C22H30O3/c1-15-16(2)22(25-5)20(17(3)21(15)24-4)14-19-11-9-18(10-12-19)8-6-7-13-23/h9-12,23H,6-8,13-14H2,1-5H3. The van der Waals surface area contributed by atoms with E-state index in [4.69, 9.17) is 14.6 Å². The molecule has 0 aromatic heterocycles. The maximum atomic E-state index is 8.89. The minimum atomic E-state index is 0.270. The van der Waals surface area contributed by atoms with Crippen molar-refractivity contribution in [3.8, 4) is 11.5 Å². The average molecular weight is 342 g/mol. The number of aliphatic hydroxyl groups is 1. The molecule has 2 aromatic carbocycles. The lowest BCUT2D eigenvalue weighted by atomic mass is 9.92. The molecule has 0 heterocycles. The van der Waals surface area contributed by atoms with E-state index < -0.39 is 0 Å². The van der Waals surface area contributed by atoms with Crippen molar-refractivity contribution in [2.75, 3.05) is 20.8 Å². The molecular formula is C22H30O3. The van der Waals surface area contributed by atoms with Crippen LogP contribution in [0.4, 0.5) is 0 Å². The summed E-state index contributed by atoms with van der Waals surface area (Å²) in [5.74, 6) is 1.91. The molecule has 0 saturated heterocycles. The van der Waals surface area contributed by atoms with Gasteiger partial charge in [0.2, 0.25) is 0 Å². The number of hydrogen-bond donors (Lipinski definition) is 1. The molecule has 3 nitrogen and oxygen atoms in total. The van der Waals surface area contributed by atoms with Crippen molar-refractivity contribution >= 4 is 0 Å². The van der Waals surface area contributed by atoms with Gasteiger partial charge in [-0.1, -0.05) is 24.3 Å². The second-order valence-corrected chi connectivity index (χ2v) is 6.59. The summed E-state index contributed by atoms with van der Waals surface area (Å²) in [7, 11) is 3.47. The van der Waals surface area contributed by atoms with Crippen LogP contribution in [0, 0.1) is 20.8 Å². The summed E-state index contributed by atoms with van der Waals surface area (Å²) in [5.41, 5.74) is 7.20. The minimum absolute atomic E-state index is 0.270. The van der Waals surface area contributed by atoms with E-state index in [1.807, 2.05) is 0 Å². The molecule has 0 spiro atoms. The number of benzene rings is 2. The molecular weight excluding hydrogens is 312 g/mol. The van der Waals surface area contributed by atoms with Gasteiger partial charge in [0, 0.05) is 18.6 Å². The van der Waals surface area contributed by atoms with Gasteiger partial charge in [0.1, 0.15) is 11.5 Å². The summed E-state index contributed by atoms with van der Waals surface area (Å²) < 4.78 is 11.4. The molecule has 25 heavy (non-hydrogen) atoms. The van der Waals surface area contributed by atoms with Crippen LogP contribution in [0.3, 0.4) is 0 Å². The Bertz CT molecular complexity index is 702. The Morgan fingerprint density at radius 2 is 1.32 bits per heavy atom. The van der Waals surface area contributed by atoms with Crippen LogP contribution in [-0.4, -0.2) is 25.9 Å².